The molecule has 5 heteroatoms. The number of carbonyl (C=O) groups excluding carboxylic acids is 1. The molecule has 0 aliphatic carbocycles. The fraction of sp³-hybridized carbons (Fsp3) is 0.846. The minimum atomic E-state index is -0.759. The first-order chi connectivity index (χ1) is 8.47. The second-order valence-electron chi connectivity index (χ2n) is 4.67. The van der Waals surface area contributed by atoms with Crippen LogP contribution in [-0.2, 0) is 9.59 Å². The van der Waals surface area contributed by atoms with Crippen molar-refractivity contribution in [2.24, 2.45) is 17.6 Å². The van der Waals surface area contributed by atoms with Gasteiger partial charge in [0.2, 0.25) is 5.91 Å². The highest BCUT2D eigenvalue weighted by atomic mass is 16.4. The Bertz CT molecular complexity index is 269. The van der Waals surface area contributed by atoms with Crippen molar-refractivity contribution in [1.29, 1.82) is 0 Å². The van der Waals surface area contributed by atoms with E-state index in [-0.39, 0.29) is 23.8 Å². The molecule has 0 rings (SSSR count). The summed E-state index contributed by atoms with van der Waals surface area (Å²) in [4.78, 5) is 22.3. The molecule has 0 aliphatic rings. The van der Waals surface area contributed by atoms with Crippen LogP contribution < -0.4 is 11.1 Å². The van der Waals surface area contributed by atoms with Crippen molar-refractivity contribution in [3.63, 3.8) is 0 Å². The zero-order chi connectivity index (χ0) is 14.1. The number of primary amides is 1. The summed E-state index contributed by atoms with van der Waals surface area (Å²) in [6.45, 7) is 6.33. The molecule has 0 aromatic heterocycles. The molecule has 0 aromatic carbocycles. The Morgan fingerprint density at radius 1 is 1.22 bits per heavy atom. The molecule has 0 aromatic rings. The highest BCUT2D eigenvalue weighted by Gasteiger charge is 2.26. The largest absolute Gasteiger partial charge is 0.481 e. The average molecular weight is 258 g/mol. The second kappa shape index (κ2) is 8.91. The Labute approximate surface area is 109 Å². The van der Waals surface area contributed by atoms with Crippen LogP contribution >= 0.6 is 0 Å². The lowest BCUT2D eigenvalue weighted by atomic mass is 9.86. The van der Waals surface area contributed by atoms with Crippen LogP contribution in [0.5, 0.6) is 0 Å². The van der Waals surface area contributed by atoms with E-state index in [0.717, 1.165) is 12.8 Å². The number of hydrogen-bond acceptors (Lipinski definition) is 3. The van der Waals surface area contributed by atoms with Crippen molar-refractivity contribution >= 4 is 11.9 Å². The van der Waals surface area contributed by atoms with Gasteiger partial charge < -0.3 is 16.2 Å². The van der Waals surface area contributed by atoms with Crippen molar-refractivity contribution in [1.82, 2.24) is 5.32 Å². The van der Waals surface area contributed by atoms with Crippen LogP contribution in [0.4, 0.5) is 0 Å². The van der Waals surface area contributed by atoms with Crippen LogP contribution in [0.25, 0.3) is 0 Å². The van der Waals surface area contributed by atoms with Crippen molar-refractivity contribution in [3.8, 4) is 0 Å². The molecule has 0 heterocycles. The van der Waals surface area contributed by atoms with Crippen LogP contribution in [0.15, 0.2) is 0 Å². The van der Waals surface area contributed by atoms with E-state index in [2.05, 4.69) is 5.32 Å². The first-order valence-electron chi connectivity index (χ1n) is 6.73. The Morgan fingerprint density at radius 2 is 1.83 bits per heavy atom. The topological polar surface area (TPSA) is 92.4 Å². The van der Waals surface area contributed by atoms with E-state index in [1.54, 1.807) is 0 Å². The molecule has 0 fully saturated rings. The van der Waals surface area contributed by atoms with Crippen LogP contribution in [0, 0.1) is 11.8 Å². The van der Waals surface area contributed by atoms with Gasteiger partial charge in [-0.05, 0) is 31.7 Å². The van der Waals surface area contributed by atoms with Crippen molar-refractivity contribution in [2.45, 2.75) is 52.5 Å². The lowest BCUT2D eigenvalue weighted by Crippen LogP contribution is -2.44. The van der Waals surface area contributed by atoms with Crippen molar-refractivity contribution in [2.75, 3.05) is 6.54 Å². The maximum Gasteiger partial charge on any atom is 0.306 e. The van der Waals surface area contributed by atoms with Gasteiger partial charge in [0.1, 0.15) is 0 Å². The summed E-state index contributed by atoms with van der Waals surface area (Å²) in [5, 5.41) is 12.3. The normalized spacial score (nSPS) is 15.9. The average Bonchev–Trinajstić information content (AvgIpc) is 2.29. The van der Waals surface area contributed by atoms with Gasteiger partial charge in [-0.3, -0.25) is 9.59 Å². The predicted octanol–water partition coefficient (Wildman–Crippen LogP) is 1.37. The Kier molecular flexibility index (Phi) is 8.37. The van der Waals surface area contributed by atoms with Gasteiger partial charge in [0.15, 0.2) is 0 Å². The van der Waals surface area contributed by atoms with E-state index in [4.69, 9.17) is 5.73 Å². The summed E-state index contributed by atoms with van der Waals surface area (Å²) < 4.78 is 0. The first kappa shape index (κ1) is 16.9. The van der Waals surface area contributed by atoms with Gasteiger partial charge in [-0.15, -0.1) is 0 Å². The molecule has 0 saturated carbocycles. The maximum atomic E-state index is 11.2. The molecule has 0 bridgehead atoms. The Morgan fingerprint density at radius 3 is 2.17 bits per heavy atom. The third-order valence-electron chi connectivity index (χ3n) is 3.36. The molecule has 5 nitrogen and oxygen atoms in total. The number of aliphatic carboxylic acids is 1. The lowest BCUT2D eigenvalue weighted by Gasteiger charge is -2.25. The SMILES string of the molecule is CCCC(CN[C@@H](CC)C(N)=O)[C@@H](CC)C(=O)O. The number of amides is 1. The van der Waals surface area contributed by atoms with E-state index in [1.807, 2.05) is 20.8 Å². The van der Waals surface area contributed by atoms with E-state index >= 15 is 0 Å². The summed E-state index contributed by atoms with van der Waals surface area (Å²) in [7, 11) is 0. The van der Waals surface area contributed by atoms with Crippen molar-refractivity contribution < 1.29 is 14.7 Å². The molecule has 0 radical (unpaired) electrons. The molecule has 0 spiro atoms. The number of carboxylic acids is 1. The second-order valence-corrected chi connectivity index (χ2v) is 4.67. The molecule has 0 saturated heterocycles. The molecule has 4 N–H and O–H groups in total. The van der Waals surface area contributed by atoms with E-state index in [9.17, 15) is 14.7 Å². The Balaban J connectivity index is 4.51. The zero-order valence-corrected chi connectivity index (χ0v) is 11.6. The maximum absolute atomic E-state index is 11.2. The van der Waals surface area contributed by atoms with Gasteiger partial charge >= 0.3 is 5.97 Å². The van der Waals surface area contributed by atoms with E-state index < -0.39 is 5.97 Å². The third kappa shape index (κ3) is 5.49. The first-order valence-corrected chi connectivity index (χ1v) is 6.73. The Hall–Kier alpha value is -1.10. The number of rotatable bonds is 10. The smallest absolute Gasteiger partial charge is 0.306 e. The van der Waals surface area contributed by atoms with Crippen LogP contribution in [-0.4, -0.2) is 29.6 Å². The molecule has 3 atom stereocenters. The fourth-order valence-electron chi connectivity index (χ4n) is 2.27. The minimum Gasteiger partial charge on any atom is -0.481 e. The monoisotopic (exact) mass is 258 g/mol. The van der Waals surface area contributed by atoms with E-state index in [1.165, 1.54) is 0 Å². The highest BCUT2D eigenvalue weighted by Crippen LogP contribution is 2.21. The number of nitrogens with one attached hydrogen (secondary N) is 1. The predicted molar refractivity (Wildman–Crippen MR) is 71.1 cm³/mol. The number of nitrogens with two attached hydrogens (primary N) is 1. The quantitative estimate of drug-likeness (QED) is 0.551. The standard InChI is InChI=1S/C13H26N2O3/c1-4-7-9(10(5-2)13(17)18)8-15-11(6-3)12(14)16/h9-11,15H,4-8H2,1-3H3,(H2,14,16)(H,17,18)/t9?,10-,11+/m1/s1. The van der Waals surface area contributed by atoms with Gasteiger partial charge in [0.25, 0.3) is 0 Å². The fourth-order valence-corrected chi connectivity index (χ4v) is 2.27. The molecular formula is C13H26N2O3. The minimum absolute atomic E-state index is 0.0471. The van der Waals surface area contributed by atoms with Crippen molar-refractivity contribution in [3.05, 3.63) is 0 Å². The lowest BCUT2D eigenvalue weighted by molar-refractivity contribution is -0.143. The molecule has 0 aliphatic heterocycles. The number of carbonyl (C=O) groups is 2. The zero-order valence-electron chi connectivity index (χ0n) is 11.6. The summed E-state index contributed by atoms with van der Waals surface area (Å²) in [5.74, 6) is -1.45. The number of hydrogen-bond donors (Lipinski definition) is 3. The van der Waals surface area contributed by atoms with Crippen LogP contribution in [0.3, 0.4) is 0 Å². The molecule has 106 valence electrons. The van der Waals surface area contributed by atoms with Gasteiger partial charge in [0.05, 0.1) is 12.0 Å². The summed E-state index contributed by atoms with van der Waals surface area (Å²) in [5.41, 5.74) is 5.26. The molecule has 1 unspecified atom stereocenters. The third-order valence-corrected chi connectivity index (χ3v) is 3.36. The molecule has 1 amide bonds. The van der Waals surface area contributed by atoms with Gasteiger partial charge in [-0.1, -0.05) is 27.2 Å². The highest BCUT2D eigenvalue weighted by molar-refractivity contribution is 5.79. The number of carboxylic acid groups (broad SMARTS) is 1. The van der Waals surface area contributed by atoms with Gasteiger partial charge in [-0.25, -0.2) is 0 Å². The van der Waals surface area contributed by atoms with Gasteiger partial charge in [-0.2, -0.15) is 0 Å². The van der Waals surface area contributed by atoms with E-state index in [0.29, 0.717) is 19.4 Å². The molecule has 18 heavy (non-hydrogen) atoms. The van der Waals surface area contributed by atoms with Gasteiger partial charge in [0, 0.05) is 0 Å². The summed E-state index contributed by atoms with van der Waals surface area (Å²) in [6, 6.07) is -0.365. The molecular weight excluding hydrogens is 232 g/mol. The summed E-state index contributed by atoms with van der Waals surface area (Å²) >= 11 is 0. The van der Waals surface area contributed by atoms with Crippen LogP contribution in [0.1, 0.15) is 46.5 Å². The summed E-state index contributed by atoms with van der Waals surface area (Å²) in [6.07, 6.45) is 3.00. The van der Waals surface area contributed by atoms with Crippen LogP contribution in [0.2, 0.25) is 0 Å².